The SMILES string of the molecule is CCOCCOCCOCCOCCC(=O)Nc1ccc(COC(=O)NC)cc1. The minimum atomic E-state index is -0.487. The molecule has 0 saturated carbocycles. The smallest absolute Gasteiger partial charge is 0.407 e. The van der Waals surface area contributed by atoms with Crippen LogP contribution in [0.3, 0.4) is 0 Å². The van der Waals surface area contributed by atoms with Crippen LogP contribution in [0.5, 0.6) is 0 Å². The van der Waals surface area contributed by atoms with Crippen molar-refractivity contribution in [3.8, 4) is 0 Å². The first-order valence-electron chi connectivity index (χ1n) is 9.70. The lowest BCUT2D eigenvalue weighted by molar-refractivity contribution is -0.117. The Morgan fingerprint density at radius 1 is 0.828 bits per heavy atom. The number of anilines is 1. The standard InChI is InChI=1S/C20H32N2O7/c1-3-25-10-11-27-14-15-28-13-12-26-9-8-19(23)22-18-6-4-17(5-7-18)16-29-20(24)21-2/h4-7H,3,8-16H2,1-2H3,(H,21,24)(H,22,23). The van der Waals surface area contributed by atoms with Crippen molar-refractivity contribution in [2.75, 3.05) is 65.2 Å². The summed E-state index contributed by atoms with van der Waals surface area (Å²) < 4.78 is 26.2. The molecule has 29 heavy (non-hydrogen) atoms. The third kappa shape index (κ3) is 13.6. The molecule has 0 fully saturated rings. The van der Waals surface area contributed by atoms with Crippen LogP contribution < -0.4 is 10.6 Å². The van der Waals surface area contributed by atoms with Crippen LogP contribution in [0.25, 0.3) is 0 Å². The van der Waals surface area contributed by atoms with Gasteiger partial charge < -0.3 is 34.3 Å². The molecule has 9 nitrogen and oxygen atoms in total. The van der Waals surface area contributed by atoms with E-state index in [-0.39, 0.29) is 18.9 Å². The number of benzene rings is 1. The van der Waals surface area contributed by atoms with Crippen molar-refractivity contribution in [2.45, 2.75) is 20.0 Å². The van der Waals surface area contributed by atoms with Crippen LogP contribution in [0.4, 0.5) is 10.5 Å². The van der Waals surface area contributed by atoms with Crippen LogP contribution in [-0.4, -0.2) is 71.9 Å². The quantitative estimate of drug-likeness (QED) is 0.400. The number of hydrogen-bond donors (Lipinski definition) is 2. The maximum atomic E-state index is 11.9. The molecule has 1 aromatic carbocycles. The van der Waals surface area contributed by atoms with Crippen LogP contribution in [-0.2, 0) is 35.1 Å². The van der Waals surface area contributed by atoms with Crippen molar-refractivity contribution in [3.05, 3.63) is 29.8 Å². The van der Waals surface area contributed by atoms with E-state index < -0.39 is 6.09 Å². The lowest BCUT2D eigenvalue weighted by Crippen LogP contribution is -2.18. The first kappa shape index (κ1) is 24.8. The van der Waals surface area contributed by atoms with E-state index in [1.165, 1.54) is 7.05 Å². The monoisotopic (exact) mass is 412 g/mol. The largest absolute Gasteiger partial charge is 0.445 e. The number of nitrogens with one attached hydrogen (secondary N) is 2. The van der Waals surface area contributed by atoms with Crippen molar-refractivity contribution < 1.29 is 33.3 Å². The van der Waals surface area contributed by atoms with E-state index in [0.29, 0.717) is 58.5 Å². The van der Waals surface area contributed by atoms with Gasteiger partial charge in [0.25, 0.3) is 0 Å². The van der Waals surface area contributed by atoms with Gasteiger partial charge in [0, 0.05) is 19.3 Å². The molecule has 164 valence electrons. The predicted molar refractivity (Wildman–Crippen MR) is 108 cm³/mol. The van der Waals surface area contributed by atoms with Crippen molar-refractivity contribution in [2.24, 2.45) is 0 Å². The Balaban J connectivity index is 2.00. The highest BCUT2D eigenvalue weighted by molar-refractivity contribution is 5.90. The normalized spacial score (nSPS) is 10.6. The van der Waals surface area contributed by atoms with Crippen LogP contribution in [0.15, 0.2) is 24.3 Å². The van der Waals surface area contributed by atoms with Gasteiger partial charge in [0.1, 0.15) is 6.61 Å². The van der Waals surface area contributed by atoms with Gasteiger partial charge in [0.05, 0.1) is 52.7 Å². The Morgan fingerprint density at radius 2 is 1.38 bits per heavy atom. The number of rotatable bonds is 16. The van der Waals surface area contributed by atoms with Gasteiger partial charge in [-0.3, -0.25) is 4.79 Å². The molecule has 9 heteroatoms. The topological polar surface area (TPSA) is 104 Å². The molecular weight excluding hydrogens is 380 g/mol. The minimum absolute atomic E-state index is 0.136. The zero-order chi connectivity index (χ0) is 21.2. The lowest BCUT2D eigenvalue weighted by Gasteiger charge is -2.08. The summed E-state index contributed by atoms with van der Waals surface area (Å²) in [6.07, 6.45) is -0.235. The highest BCUT2D eigenvalue weighted by Gasteiger charge is 2.04. The van der Waals surface area contributed by atoms with Crippen molar-refractivity contribution in [1.82, 2.24) is 5.32 Å². The Labute approximate surface area is 172 Å². The molecule has 0 aromatic heterocycles. The summed E-state index contributed by atoms with van der Waals surface area (Å²) in [7, 11) is 1.50. The second-order valence-corrected chi connectivity index (χ2v) is 5.86. The maximum Gasteiger partial charge on any atom is 0.407 e. The van der Waals surface area contributed by atoms with Crippen molar-refractivity contribution >= 4 is 17.7 Å². The summed E-state index contributed by atoms with van der Waals surface area (Å²) in [6.45, 7) is 6.18. The van der Waals surface area contributed by atoms with Gasteiger partial charge in [-0.05, 0) is 24.6 Å². The fourth-order valence-electron chi connectivity index (χ4n) is 2.10. The molecule has 0 saturated heterocycles. The van der Waals surface area contributed by atoms with Gasteiger partial charge in [-0.15, -0.1) is 0 Å². The second kappa shape index (κ2) is 16.7. The Morgan fingerprint density at radius 3 is 1.93 bits per heavy atom. The molecule has 0 atom stereocenters. The number of ether oxygens (including phenoxy) is 5. The molecule has 0 aliphatic heterocycles. The zero-order valence-corrected chi connectivity index (χ0v) is 17.2. The summed E-state index contributed by atoms with van der Waals surface area (Å²) in [5.41, 5.74) is 1.50. The molecule has 0 spiro atoms. The van der Waals surface area contributed by atoms with Crippen LogP contribution in [0.2, 0.25) is 0 Å². The van der Waals surface area contributed by atoms with E-state index in [1.807, 2.05) is 6.92 Å². The fraction of sp³-hybridized carbons (Fsp3) is 0.600. The van der Waals surface area contributed by atoms with Crippen LogP contribution >= 0.6 is 0 Å². The first-order valence-corrected chi connectivity index (χ1v) is 9.70. The molecule has 2 amide bonds. The highest BCUT2D eigenvalue weighted by Crippen LogP contribution is 2.11. The molecule has 1 aromatic rings. The average Bonchev–Trinajstić information content (AvgIpc) is 2.73. The number of carbonyl (C=O) groups is 2. The Hall–Kier alpha value is -2.20. The molecule has 0 bridgehead atoms. The molecule has 2 N–H and O–H groups in total. The zero-order valence-electron chi connectivity index (χ0n) is 17.2. The minimum Gasteiger partial charge on any atom is -0.445 e. The maximum absolute atomic E-state index is 11.9. The van der Waals surface area contributed by atoms with Gasteiger partial charge >= 0.3 is 6.09 Å². The molecule has 0 radical (unpaired) electrons. The third-order valence-corrected chi connectivity index (χ3v) is 3.61. The second-order valence-electron chi connectivity index (χ2n) is 5.86. The van der Waals surface area contributed by atoms with E-state index >= 15 is 0 Å². The third-order valence-electron chi connectivity index (χ3n) is 3.61. The van der Waals surface area contributed by atoms with Gasteiger partial charge in [0.15, 0.2) is 0 Å². The van der Waals surface area contributed by atoms with E-state index in [2.05, 4.69) is 10.6 Å². The van der Waals surface area contributed by atoms with Gasteiger partial charge in [0.2, 0.25) is 5.91 Å². The van der Waals surface area contributed by atoms with Crippen LogP contribution in [0.1, 0.15) is 18.9 Å². The average molecular weight is 412 g/mol. The fourth-order valence-corrected chi connectivity index (χ4v) is 2.10. The van der Waals surface area contributed by atoms with E-state index in [9.17, 15) is 9.59 Å². The summed E-state index contributed by atoms with van der Waals surface area (Å²) in [5.74, 6) is -0.136. The van der Waals surface area contributed by atoms with Gasteiger partial charge in [-0.2, -0.15) is 0 Å². The number of alkyl carbamates (subject to hydrolysis) is 1. The lowest BCUT2D eigenvalue weighted by atomic mass is 10.2. The van der Waals surface area contributed by atoms with E-state index in [0.717, 1.165) is 5.56 Å². The molecular formula is C20H32N2O7. The predicted octanol–water partition coefficient (Wildman–Crippen LogP) is 1.96. The molecule has 0 unspecified atom stereocenters. The molecule has 0 aliphatic carbocycles. The summed E-state index contributed by atoms with van der Waals surface area (Å²) in [4.78, 5) is 22.9. The molecule has 1 rings (SSSR count). The highest BCUT2D eigenvalue weighted by atomic mass is 16.6. The van der Waals surface area contributed by atoms with Gasteiger partial charge in [-0.25, -0.2) is 4.79 Å². The summed E-state index contributed by atoms with van der Waals surface area (Å²) >= 11 is 0. The van der Waals surface area contributed by atoms with Crippen molar-refractivity contribution in [3.63, 3.8) is 0 Å². The van der Waals surface area contributed by atoms with Gasteiger partial charge in [-0.1, -0.05) is 12.1 Å². The molecule has 0 heterocycles. The van der Waals surface area contributed by atoms with E-state index in [4.69, 9.17) is 23.7 Å². The number of hydrogen-bond acceptors (Lipinski definition) is 7. The first-order chi connectivity index (χ1) is 14.2. The summed E-state index contributed by atoms with van der Waals surface area (Å²) in [5, 5.41) is 5.16. The Bertz CT molecular complexity index is 566. The number of carbonyl (C=O) groups excluding carboxylic acids is 2. The Kier molecular flexibility index (Phi) is 14.3. The van der Waals surface area contributed by atoms with Crippen LogP contribution in [0, 0.1) is 0 Å². The summed E-state index contributed by atoms with van der Waals surface area (Å²) in [6, 6.07) is 7.08. The van der Waals surface area contributed by atoms with Crippen molar-refractivity contribution in [1.29, 1.82) is 0 Å². The molecule has 0 aliphatic rings. The van der Waals surface area contributed by atoms with E-state index in [1.54, 1.807) is 24.3 Å². The number of amides is 2.